The number of allylic oxidation sites excluding steroid dienone is 1. The van der Waals surface area contributed by atoms with Crippen LogP contribution in [0.15, 0.2) is 22.8 Å². The lowest BCUT2D eigenvalue weighted by atomic mass is 9.63. The summed E-state index contributed by atoms with van der Waals surface area (Å²) in [5, 5.41) is 19.4. The summed E-state index contributed by atoms with van der Waals surface area (Å²) in [4.78, 5) is 14.8. The van der Waals surface area contributed by atoms with Crippen molar-refractivity contribution in [3.63, 3.8) is 0 Å². The molecule has 0 spiro atoms. The van der Waals surface area contributed by atoms with Crippen molar-refractivity contribution in [3.05, 3.63) is 30.0 Å². The lowest BCUT2D eigenvalue weighted by Gasteiger charge is -2.45. The van der Waals surface area contributed by atoms with E-state index in [4.69, 9.17) is 9.52 Å². The first-order valence-electron chi connectivity index (χ1n) is 10.6. The molecule has 0 saturated heterocycles. The topological polar surface area (TPSA) is 83.6 Å². The normalized spacial score (nSPS) is 27.8. The Morgan fingerprint density at radius 1 is 1.46 bits per heavy atom. The molecule has 2 aliphatic carbocycles. The summed E-state index contributed by atoms with van der Waals surface area (Å²) in [6, 6.07) is 0. The van der Waals surface area contributed by atoms with Crippen molar-refractivity contribution >= 4 is 5.97 Å². The van der Waals surface area contributed by atoms with E-state index >= 15 is 0 Å². The minimum Gasteiger partial charge on any atom is -0.475 e. The highest BCUT2D eigenvalue weighted by atomic mass is 19.1. The van der Waals surface area contributed by atoms with Gasteiger partial charge in [0.05, 0.1) is 12.3 Å². The van der Waals surface area contributed by atoms with Crippen molar-refractivity contribution in [2.45, 2.75) is 83.4 Å². The van der Waals surface area contributed by atoms with E-state index in [9.17, 15) is 14.3 Å². The second-order valence-electron chi connectivity index (χ2n) is 8.50. The van der Waals surface area contributed by atoms with Crippen LogP contribution < -0.4 is 0 Å². The third kappa shape index (κ3) is 4.65. The molecule has 156 valence electrons. The molecule has 2 aliphatic rings. The number of aromatic nitrogens is 1. The van der Waals surface area contributed by atoms with Crippen LogP contribution in [0.5, 0.6) is 0 Å². The first-order chi connectivity index (χ1) is 13.4. The molecule has 1 heterocycles. The Hall–Kier alpha value is -1.69. The summed E-state index contributed by atoms with van der Waals surface area (Å²) in [6.45, 7) is 2.14. The molecule has 4 atom stereocenters. The molecule has 28 heavy (non-hydrogen) atoms. The van der Waals surface area contributed by atoms with Crippen LogP contribution in [-0.4, -0.2) is 33.4 Å². The molecular formula is C22H32FNO4. The predicted octanol–water partition coefficient (Wildman–Crippen LogP) is 4.95. The van der Waals surface area contributed by atoms with Crippen LogP contribution in [0, 0.1) is 17.3 Å². The molecule has 3 rings (SSSR count). The lowest BCUT2D eigenvalue weighted by Crippen LogP contribution is -2.40. The van der Waals surface area contributed by atoms with Gasteiger partial charge in [0.1, 0.15) is 6.17 Å². The number of aryl methyl sites for hydroxylation is 1. The number of carboxylic acid groups (broad SMARTS) is 1. The summed E-state index contributed by atoms with van der Waals surface area (Å²) in [6.07, 6.45) is 12.7. The van der Waals surface area contributed by atoms with E-state index in [0.29, 0.717) is 25.2 Å². The van der Waals surface area contributed by atoms with Gasteiger partial charge in [0.25, 0.3) is 0 Å². The van der Waals surface area contributed by atoms with Gasteiger partial charge in [-0.25, -0.2) is 14.2 Å². The average Bonchev–Trinajstić information content (AvgIpc) is 3.23. The minimum absolute atomic E-state index is 0.0827. The molecule has 0 aliphatic heterocycles. The van der Waals surface area contributed by atoms with E-state index < -0.39 is 12.1 Å². The minimum atomic E-state index is -1.12. The molecule has 2 fully saturated rings. The van der Waals surface area contributed by atoms with Gasteiger partial charge in [0, 0.05) is 12.3 Å². The monoisotopic (exact) mass is 393 g/mol. The van der Waals surface area contributed by atoms with Crippen LogP contribution in [0.4, 0.5) is 4.39 Å². The van der Waals surface area contributed by atoms with Crippen molar-refractivity contribution < 1.29 is 23.8 Å². The number of hydrogen-bond acceptors (Lipinski definition) is 4. The Balaban J connectivity index is 1.47. The average molecular weight is 393 g/mol. The Morgan fingerprint density at radius 2 is 2.25 bits per heavy atom. The van der Waals surface area contributed by atoms with Crippen molar-refractivity contribution in [1.29, 1.82) is 0 Å². The zero-order chi connectivity index (χ0) is 20.1. The zero-order valence-electron chi connectivity index (χ0n) is 16.6. The standard InChI is InChI=1S/C22H32FNO4/c1-2-22(12-5-13-22)19(25)8-4-7-16-15(10-11-17(16)23)6-3-9-20-24-14-18(28-20)21(26)27/h4,7,14-17,19,25H,2-3,5-6,8-13H2,1H3,(H,26,27)/b7-4+/t15-,16?,17+,19?/m0/s1. The third-order valence-corrected chi connectivity index (χ3v) is 6.98. The number of carboxylic acids is 1. The highest BCUT2D eigenvalue weighted by Gasteiger charge is 2.41. The Bertz CT molecular complexity index is 676. The molecule has 1 aromatic heterocycles. The number of aliphatic hydroxyl groups is 1. The molecule has 2 N–H and O–H groups in total. The van der Waals surface area contributed by atoms with E-state index in [1.54, 1.807) is 0 Å². The van der Waals surface area contributed by atoms with Gasteiger partial charge >= 0.3 is 5.97 Å². The van der Waals surface area contributed by atoms with Gasteiger partial charge in [-0.15, -0.1) is 0 Å². The van der Waals surface area contributed by atoms with Crippen LogP contribution in [0.25, 0.3) is 0 Å². The molecule has 0 bridgehead atoms. The van der Waals surface area contributed by atoms with E-state index in [0.717, 1.165) is 38.5 Å². The van der Waals surface area contributed by atoms with Gasteiger partial charge in [-0.3, -0.25) is 0 Å². The smallest absolute Gasteiger partial charge is 0.373 e. The quantitative estimate of drug-likeness (QED) is 0.550. The number of alkyl halides is 1. The van der Waals surface area contributed by atoms with E-state index in [-0.39, 0.29) is 29.1 Å². The van der Waals surface area contributed by atoms with Crippen LogP contribution in [0.3, 0.4) is 0 Å². The maximum atomic E-state index is 14.4. The van der Waals surface area contributed by atoms with E-state index in [2.05, 4.69) is 11.9 Å². The number of rotatable bonds is 10. The lowest BCUT2D eigenvalue weighted by molar-refractivity contribution is -0.0355. The van der Waals surface area contributed by atoms with Crippen molar-refractivity contribution in [3.8, 4) is 0 Å². The number of aliphatic hydroxyl groups excluding tert-OH is 1. The molecule has 2 saturated carbocycles. The summed E-state index contributed by atoms with van der Waals surface area (Å²) < 4.78 is 19.6. The highest BCUT2D eigenvalue weighted by molar-refractivity contribution is 5.83. The van der Waals surface area contributed by atoms with E-state index in [1.807, 2.05) is 12.2 Å². The largest absolute Gasteiger partial charge is 0.475 e. The number of nitrogens with zero attached hydrogens (tertiary/aromatic N) is 1. The third-order valence-electron chi connectivity index (χ3n) is 6.98. The first-order valence-corrected chi connectivity index (χ1v) is 10.6. The SMILES string of the molecule is CCC1(C(O)C/C=C/C2[C@@H](CCCc3ncc(C(=O)O)o3)CC[C@H]2F)CCC1. The summed E-state index contributed by atoms with van der Waals surface area (Å²) in [7, 11) is 0. The maximum Gasteiger partial charge on any atom is 0.373 e. The van der Waals surface area contributed by atoms with Gasteiger partial charge < -0.3 is 14.6 Å². The summed E-state index contributed by atoms with van der Waals surface area (Å²) in [5.74, 6) is -0.649. The fraction of sp³-hybridized carbons (Fsp3) is 0.727. The number of hydrogen-bond donors (Lipinski definition) is 2. The van der Waals surface area contributed by atoms with Crippen LogP contribution in [0.2, 0.25) is 0 Å². The van der Waals surface area contributed by atoms with Gasteiger partial charge in [-0.05, 0) is 62.7 Å². The summed E-state index contributed by atoms with van der Waals surface area (Å²) in [5.41, 5.74) is 0.0827. The van der Waals surface area contributed by atoms with Crippen molar-refractivity contribution in [2.24, 2.45) is 17.3 Å². The van der Waals surface area contributed by atoms with Gasteiger partial charge in [0.2, 0.25) is 5.76 Å². The Morgan fingerprint density at radius 3 is 2.86 bits per heavy atom. The number of oxazole rings is 1. The molecule has 1 aromatic rings. The van der Waals surface area contributed by atoms with Crippen molar-refractivity contribution in [2.75, 3.05) is 0 Å². The molecule has 6 heteroatoms. The highest BCUT2D eigenvalue weighted by Crippen LogP contribution is 2.47. The zero-order valence-corrected chi connectivity index (χ0v) is 16.6. The number of carbonyl (C=O) groups is 1. The Labute approximate surface area is 166 Å². The number of halogens is 1. The fourth-order valence-corrected chi connectivity index (χ4v) is 4.88. The van der Waals surface area contributed by atoms with Crippen molar-refractivity contribution in [1.82, 2.24) is 4.98 Å². The van der Waals surface area contributed by atoms with Gasteiger partial charge in [0.15, 0.2) is 5.89 Å². The van der Waals surface area contributed by atoms with Gasteiger partial charge in [-0.1, -0.05) is 25.5 Å². The summed E-state index contributed by atoms with van der Waals surface area (Å²) >= 11 is 0. The van der Waals surface area contributed by atoms with Gasteiger partial charge in [-0.2, -0.15) is 0 Å². The van der Waals surface area contributed by atoms with Crippen LogP contribution in [-0.2, 0) is 6.42 Å². The second kappa shape index (κ2) is 9.21. The molecule has 0 amide bonds. The fourth-order valence-electron chi connectivity index (χ4n) is 4.88. The predicted molar refractivity (Wildman–Crippen MR) is 104 cm³/mol. The van der Waals surface area contributed by atoms with E-state index in [1.165, 1.54) is 12.6 Å². The molecule has 0 aromatic carbocycles. The number of aromatic carboxylic acids is 1. The molecular weight excluding hydrogens is 361 g/mol. The maximum absolute atomic E-state index is 14.4. The molecule has 0 radical (unpaired) electrons. The first kappa shape index (κ1) is 21.0. The van der Waals surface area contributed by atoms with Crippen LogP contribution >= 0.6 is 0 Å². The Kier molecular flexibility index (Phi) is 6.91. The second-order valence-corrected chi connectivity index (χ2v) is 8.50. The molecule has 5 nitrogen and oxygen atoms in total. The molecule has 2 unspecified atom stereocenters. The van der Waals surface area contributed by atoms with Crippen LogP contribution in [0.1, 0.15) is 81.2 Å².